The Bertz CT molecular complexity index is 878. The smallest absolute Gasteiger partial charge is 0.330 e. The van der Waals surface area contributed by atoms with Gasteiger partial charge in [0.15, 0.2) is 0 Å². The van der Waals surface area contributed by atoms with Gasteiger partial charge in [-0.1, -0.05) is 18.2 Å². The van der Waals surface area contributed by atoms with Gasteiger partial charge in [0, 0.05) is 23.5 Å². The molecule has 0 amide bonds. The van der Waals surface area contributed by atoms with Crippen molar-refractivity contribution in [1.29, 1.82) is 0 Å². The number of hydrogen-bond donors (Lipinski definition) is 0. The first kappa shape index (κ1) is 16.7. The molecule has 3 rings (SSSR count). The quantitative estimate of drug-likeness (QED) is 0.513. The average Bonchev–Trinajstić information content (AvgIpc) is 3.20. The van der Waals surface area contributed by atoms with Crippen molar-refractivity contribution in [3.63, 3.8) is 0 Å². The summed E-state index contributed by atoms with van der Waals surface area (Å²) in [5.41, 5.74) is 3.81. The zero-order valence-electron chi connectivity index (χ0n) is 14.3. The molecule has 0 aliphatic rings. The van der Waals surface area contributed by atoms with E-state index in [9.17, 15) is 4.79 Å². The summed E-state index contributed by atoms with van der Waals surface area (Å²) in [6, 6.07) is 11.8. The largest absolute Gasteiger partial charge is 0.461 e. The summed E-state index contributed by atoms with van der Waals surface area (Å²) in [7, 11) is 0. The van der Waals surface area contributed by atoms with Gasteiger partial charge < -0.3 is 4.74 Å². The van der Waals surface area contributed by atoms with Crippen LogP contribution in [0.15, 0.2) is 54.9 Å². The lowest BCUT2D eigenvalue weighted by Crippen LogP contribution is -2.11. The van der Waals surface area contributed by atoms with Crippen molar-refractivity contribution in [2.24, 2.45) is 0 Å². The molecule has 25 heavy (non-hydrogen) atoms. The van der Waals surface area contributed by atoms with Crippen molar-refractivity contribution < 1.29 is 9.53 Å². The first-order valence-corrected chi connectivity index (χ1v) is 8.08. The van der Waals surface area contributed by atoms with Gasteiger partial charge in [-0.25, -0.2) is 9.48 Å². The Labute approximate surface area is 146 Å². The van der Waals surface area contributed by atoms with Gasteiger partial charge in [0.05, 0.1) is 24.1 Å². The highest BCUT2D eigenvalue weighted by atomic mass is 16.5. The van der Waals surface area contributed by atoms with Crippen LogP contribution in [0.4, 0.5) is 0 Å². The number of ether oxygens (including phenoxy) is 1. The Morgan fingerprint density at radius 3 is 2.76 bits per heavy atom. The minimum absolute atomic E-state index is 0.286. The zero-order chi connectivity index (χ0) is 17.6. The summed E-state index contributed by atoms with van der Waals surface area (Å²) in [6.45, 7) is 4.75. The van der Waals surface area contributed by atoms with Gasteiger partial charge in [-0.3, -0.25) is 4.68 Å². The molecule has 0 aliphatic heterocycles. The molecule has 0 atom stereocenters. The monoisotopic (exact) mass is 336 g/mol. The molecule has 128 valence electrons. The van der Waals surface area contributed by atoms with E-state index in [0.717, 1.165) is 22.6 Å². The minimum atomic E-state index is -0.381. The molecule has 0 spiro atoms. The fourth-order valence-corrected chi connectivity index (χ4v) is 2.49. The number of carbonyl (C=O) groups excluding carboxylic acids is 1. The Morgan fingerprint density at radius 2 is 2.04 bits per heavy atom. The number of rotatable bonds is 6. The second kappa shape index (κ2) is 7.61. The summed E-state index contributed by atoms with van der Waals surface area (Å²) >= 11 is 0. The van der Waals surface area contributed by atoms with Crippen molar-refractivity contribution in [2.45, 2.75) is 20.4 Å². The predicted octanol–water partition coefficient (Wildman–Crippen LogP) is 2.94. The highest BCUT2D eigenvalue weighted by Gasteiger charge is 2.03. The first-order chi connectivity index (χ1) is 12.1. The maximum atomic E-state index is 11.8. The standard InChI is InChI=1S/C19H20N4O2/c1-15-12-16(2)22(21-15)10-11-25-19(24)9-8-17-13-20-23(14-17)18-6-4-3-5-7-18/h3-9,12-14H,10-11H2,1-2H3/b9-8+. The van der Waals surface area contributed by atoms with Crippen molar-refractivity contribution in [1.82, 2.24) is 19.6 Å². The lowest BCUT2D eigenvalue weighted by atomic mass is 10.3. The molecule has 0 saturated carbocycles. The third kappa shape index (κ3) is 4.44. The summed E-state index contributed by atoms with van der Waals surface area (Å²) in [6.07, 6.45) is 6.66. The first-order valence-electron chi connectivity index (χ1n) is 8.08. The number of benzene rings is 1. The number of esters is 1. The number of aryl methyl sites for hydroxylation is 2. The number of hydrogen-bond acceptors (Lipinski definition) is 4. The number of carbonyl (C=O) groups is 1. The molecule has 0 fully saturated rings. The number of nitrogens with zero attached hydrogens (tertiary/aromatic N) is 4. The van der Waals surface area contributed by atoms with Crippen LogP contribution in [0.5, 0.6) is 0 Å². The van der Waals surface area contributed by atoms with Crippen LogP contribution in [-0.4, -0.2) is 32.1 Å². The topological polar surface area (TPSA) is 61.9 Å². The van der Waals surface area contributed by atoms with Crippen molar-refractivity contribution in [3.05, 3.63) is 71.8 Å². The fourth-order valence-electron chi connectivity index (χ4n) is 2.49. The van der Waals surface area contributed by atoms with Crippen LogP contribution in [0.1, 0.15) is 17.0 Å². The Kier molecular flexibility index (Phi) is 5.09. The van der Waals surface area contributed by atoms with E-state index in [2.05, 4.69) is 10.2 Å². The van der Waals surface area contributed by atoms with E-state index in [1.807, 2.05) is 61.1 Å². The van der Waals surface area contributed by atoms with Crippen LogP contribution < -0.4 is 0 Å². The summed E-state index contributed by atoms with van der Waals surface area (Å²) in [4.78, 5) is 11.8. The number of aromatic nitrogens is 4. The van der Waals surface area contributed by atoms with Gasteiger partial charge in [-0.2, -0.15) is 10.2 Å². The van der Waals surface area contributed by atoms with Crippen LogP contribution in [0.25, 0.3) is 11.8 Å². The number of para-hydroxylation sites is 1. The van der Waals surface area contributed by atoms with Crippen LogP contribution >= 0.6 is 0 Å². The van der Waals surface area contributed by atoms with Gasteiger partial charge in [-0.15, -0.1) is 0 Å². The minimum Gasteiger partial charge on any atom is -0.461 e. The maximum Gasteiger partial charge on any atom is 0.330 e. The molecule has 6 heteroatoms. The normalized spacial score (nSPS) is 11.1. The van der Waals surface area contributed by atoms with Gasteiger partial charge in [0.1, 0.15) is 6.61 Å². The third-order valence-electron chi connectivity index (χ3n) is 3.69. The zero-order valence-corrected chi connectivity index (χ0v) is 14.3. The SMILES string of the molecule is Cc1cc(C)n(CCOC(=O)/C=C/c2cnn(-c3ccccc3)c2)n1. The second-order valence-corrected chi connectivity index (χ2v) is 5.70. The molecule has 2 aromatic heterocycles. The van der Waals surface area contributed by atoms with Crippen LogP contribution in [-0.2, 0) is 16.1 Å². The van der Waals surface area contributed by atoms with E-state index in [0.29, 0.717) is 6.54 Å². The van der Waals surface area contributed by atoms with Gasteiger partial charge >= 0.3 is 5.97 Å². The van der Waals surface area contributed by atoms with E-state index in [1.54, 1.807) is 17.0 Å². The van der Waals surface area contributed by atoms with E-state index < -0.39 is 0 Å². The van der Waals surface area contributed by atoms with Crippen LogP contribution in [0, 0.1) is 13.8 Å². The summed E-state index contributed by atoms with van der Waals surface area (Å²) in [5, 5.41) is 8.61. The molecule has 0 unspecified atom stereocenters. The second-order valence-electron chi connectivity index (χ2n) is 5.70. The molecule has 0 bridgehead atoms. The molecule has 0 N–H and O–H groups in total. The highest BCUT2D eigenvalue weighted by molar-refractivity contribution is 5.86. The van der Waals surface area contributed by atoms with Gasteiger partial charge in [0.2, 0.25) is 0 Å². The van der Waals surface area contributed by atoms with Crippen molar-refractivity contribution >= 4 is 12.0 Å². The summed E-state index contributed by atoms with van der Waals surface area (Å²) in [5.74, 6) is -0.381. The molecule has 0 aliphatic carbocycles. The van der Waals surface area contributed by atoms with Crippen molar-refractivity contribution in [3.8, 4) is 5.69 Å². The Balaban J connectivity index is 1.51. The third-order valence-corrected chi connectivity index (χ3v) is 3.69. The molecule has 0 radical (unpaired) electrons. The molecule has 2 heterocycles. The van der Waals surface area contributed by atoms with E-state index in [1.165, 1.54) is 6.08 Å². The molecule has 6 nitrogen and oxygen atoms in total. The Hall–Kier alpha value is -3.15. The molecular weight excluding hydrogens is 316 g/mol. The lowest BCUT2D eigenvalue weighted by Gasteiger charge is -2.04. The van der Waals surface area contributed by atoms with E-state index >= 15 is 0 Å². The van der Waals surface area contributed by atoms with E-state index in [-0.39, 0.29) is 12.6 Å². The van der Waals surface area contributed by atoms with Gasteiger partial charge in [0.25, 0.3) is 0 Å². The van der Waals surface area contributed by atoms with E-state index in [4.69, 9.17) is 4.74 Å². The Morgan fingerprint density at radius 1 is 1.24 bits per heavy atom. The van der Waals surface area contributed by atoms with Crippen LogP contribution in [0.3, 0.4) is 0 Å². The molecule has 3 aromatic rings. The molecule has 1 aromatic carbocycles. The van der Waals surface area contributed by atoms with Crippen LogP contribution in [0.2, 0.25) is 0 Å². The highest BCUT2D eigenvalue weighted by Crippen LogP contribution is 2.09. The van der Waals surface area contributed by atoms with Gasteiger partial charge in [-0.05, 0) is 38.1 Å². The average molecular weight is 336 g/mol. The predicted molar refractivity (Wildman–Crippen MR) is 95.3 cm³/mol. The maximum absolute atomic E-state index is 11.8. The molecular formula is C19H20N4O2. The fraction of sp³-hybridized carbons (Fsp3) is 0.211. The van der Waals surface area contributed by atoms with Crippen molar-refractivity contribution in [2.75, 3.05) is 6.61 Å². The molecule has 0 saturated heterocycles. The summed E-state index contributed by atoms with van der Waals surface area (Å²) < 4.78 is 8.80. The lowest BCUT2D eigenvalue weighted by molar-refractivity contribution is -0.138.